The Bertz CT molecular complexity index is 940. The van der Waals surface area contributed by atoms with Crippen molar-refractivity contribution in [3.63, 3.8) is 0 Å². The number of furan rings is 1. The van der Waals surface area contributed by atoms with E-state index in [1.165, 1.54) is 12.4 Å². The van der Waals surface area contributed by atoms with E-state index < -0.39 is 5.91 Å². The van der Waals surface area contributed by atoms with Gasteiger partial charge in [0.2, 0.25) is 0 Å². The SMILES string of the molecule is O=C(N/N=C\c1ccc(-c2cc(Cl)c(Cl)cc2Cl)o1)c1ccccn1. The van der Waals surface area contributed by atoms with Crippen molar-refractivity contribution >= 4 is 46.9 Å². The maximum atomic E-state index is 11.8. The van der Waals surface area contributed by atoms with Crippen LogP contribution in [-0.4, -0.2) is 17.1 Å². The van der Waals surface area contributed by atoms with Gasteiger partial charge in [-0.25, -0.2) is 5.43 Å². The van der Waals surface area contributed by atoms with Crippen LogP contribution in [0.25, 0.3) is 11.3 Å². The third-order valence-corrected chi connectivity index (χ3v) is 4.19. The minimum absolute atomic E-state index is 0.266. The first-order chi connectivity index (χ1) is 12.0. The summed E-state index contributed by atoms with van der Waals surface area (Å²) < 4.78 is 5.63. The van der Waals surface area contributed by atoms with Crippen LogP contribution < -0.4 is 5.43 Å². The molecular formula is C17H10Cl3N3O2. The Morgan fingerprint density at radius 2 is 1.88 bits per heavy atom. The first-order valence-electron chi connectivity index (χ1n) is 7.04. The molecule has 126 valence electrons. The van der Waals surface area contributed by atoms with E-state index in [0.717, 1.165) is 0 Å². The molecule has 3 rings (SSSR count). The number of hydrogen-bond acceptors (Lipinski definition) is 4. The fourth-order valence-corrected chi connectivity index (χ4v) is 2.63. The number of aromatic nitrogens is 1. The van der Waals surface area contributed by atoms with E-state index in [4.69, 9.17) is 39.2 Å². The van der Waals surface area contributed by atoms with Crippen LogP contribution in [0, 0.1) is 0 Å². The molecule has 0 aliphatic heterocycles. The second kappa shape index (κ2) is 7.70. The zero-order chi connectivity index (χ0) is 17.8. The Morgan fingerprint density at radius 3 is 2.64 bits per heavy atom. The van der Waals surface area contributed by atoms with Crippen molar-refractivity contribution in [2.75, 3.05) is 0 Å². The number of nitrogens with zero attached hydrogens (tertiary/aromatic N) is 2. The molecule has 1 aromatic carbocycles. The molecule has 25 heavy (non-hydrogen) atoms. The van der Waals surface area contributed by atoms with Gasteiger partial charge in [0.1, 0.15) is 17.2 Å². The van der Waals surface area contributed by atoms with Crippen LogP contribution in [0.5, 0.6) is 0 Å². The number of hydrazone groups is 1. The molecular weight excluding hydrogens is 385 g/mol. The zero-order valence-electron chi connectivity index (χ0n) is 12.5. The maximum absolute atomic E-state index is 11.8. The molecule has 3 aromatic rings. The van der Waals surface area contributed by atoms with Crippen LogP contribution in [0.2, 0.25) is 15.1 Å². The zero-order valence-corrected chi connectivity index (χ0v) is 14.8. The molecule has 0 fully saturated rings. The van der Waals surface area contributed by atoms with Crippen molar-refractivity contribution in [3.8, 4) is 11.3 Å². The van der Waals surface area contributed by atoms with E-state index in [-0.39, 0.29) is 5.69 Å². The highest BCUT2D eigenvalue weighted by atomic mass is 35.5. The topological polar surface area (TPSA) is 67.5 Å². The third kappa shape index (κ3) is 4.20. The standard InChI is InChI=1S/C17H10Cl3N3O2/c18-12-8-14(20)13(19)7-11(12)16-5-4-10(25-16)9-22-23-17(24)15-3-1-2-6-21-15/h1-9H,(H,23,24)/b22-9-. The molecule has 2 heterocycles. The molecule has 0 unspecified atom stereocenters. The summed E-state index contributed by atoms with van der Waals surface area (Å²) in [5.41, 5.74) is 3.24. The molecule has 5 nitrogen and oxygen atoms in total. The summed E-state index contributed by atoms with van der Waals surface area (Å²) in [7, 11) is 0. The molecule has 0 saturated carbocycles. The predicted molar refractivity (Wildman–Crippen MR) is 98.5 cm³/mol. The van der Waals surface area contributed by atoms with Gasteiger partial charge in [-0.05, 0) is 36.4 Å². The highest BCUT2D eigenvalue weighted by Crippen LogP contribution is 2.35. The summed E-state index contributed by atoms with van der Waals surface area (Å²) in [6.45, 7) is 0. The van der Waals surface area contributed by atoms with Gasteiger partial charge in [-0.3, -0.25) is 9.78 Å². The van der Waals surface area contributed by atoms with Crippen molar-refractivity contribution in [1.82, 2.24) is 10.4 Å². The van der Waals surface area contributed by atoms with Crippen molar-refractivity contribution in [3.05, 3.63) is 75.2 Å². The lowest BCUT2D eigenvalue weighted by Crippen LogP contribution is -2.18. The van der Waals surface area contributed by atoms with Gasteiger partial charge in [0.05, 0.1) is 21.3 Å². The first-order valence-corrected chi connectivity index (χ1v) is 8.17. The Hall–Kier alpha value is -2.34. The van der Waals surface area contributed by atoms with Crippen molar-refractivity contribution < 1.29 is 9.21 Å². The number of benzene rings is 1. The summed E-state index contributed by atoms with van der Waals surface area (Å²) in [6, 6.07) is 11.6. The van der Waals surface area contributed by atoms with Crippen LogP contribution in [0.1, 0.15) is 16.2 Å². The number of amides is 1. The number of carbonyl (C=O) groups excluding carboxylic acids is 1. The molecule has 1 amide bonds. The normalized spacial score (nSPS) is 11.0. The molecule has 0 saturated heterocycles. The minimum atomic E-state index is -0.420. The van der Waals surface area contributed by atoms with Crippen molar-refractivity contribution in [1.29, 1.82) is 0 Å². The van der Waals surface area contributed by atoms with Gasteiger partial charge < -0.3 is 4.42 Å². The fourth-order valence-electron chi connectivity index (χ4n) is 1.99. The molecule has 8 heteroatoms. The molecule has 2 aromatic heterocycles. The number of halogens is 3. The summed E-state index contributed by atoms with van der Waals surface area (Å²) in [5.74, 6) is 0.510. The lowest BCUT2D eigenvalue weighted by atomic mass is 10.2. The van der Waals surface area contributed by atoms with Gasteiger partial charge >= 0.3 is 0 Å². The van der Waals surface area contributed by atoms with Gasteiger partial charge in [-0.1, -0.05) is 40.9 Å². The molecule has 0 bridgehead atoms. The molecule has 0 aliphatic rings. The molecule has 0 aliphatic carbocycles. The van der Waals surface area contributed by atoms with E-state index in [1.807, 2.05) is 0 Å². The third-order valence-electron chi connectivity index (χ3n) is 3.16. The second-order valence-electron chi connectivity index (χ2n) is 4.86. The molecule has 1 N–H and O–H groups in total. The van der Waals surface area contributed by atoms with Crippen LogP contribution in [-0.2, 0) is 0 Å². The van der Waals surface area contributed by atoms with E-state index in [0.29, 0.717) is 32.2 Å². The van der Waals surface area contributed by atoms with Gasteiger partial charge in [-0.2, -0.15) is 5.10 Å². The van der Waals surface area contributed by atoms with Gasteiger partial charge in [0, 0.05) is 11.8 Å². The van der Waals surface area contributed by atoms with Crippen LogP contribution >= 0.6 is 34.8 Å². The lowest BCUT2D eigenvalue weighted by molar-refractivity contribution is 0.0950. The van der Waals surface area contributed by atoms with Crippen LogP contribution in [0.4, 0.5) is 0 Å². The number of hydrogen-bond donors (Lipinski definition) is 1. The van der Waals surface area contributed by atoms with Gasteiger partial charge in [0.25, 0.3) is 5.91 Å². The average molecular weight is 395 g/mol. The molecule has 0 radical (unpaired) electrons. The highest BCUT2D eigenvalue weighted by molar-refractivity contribution is 6.44. The monoisotopic (exact) mass is 393 g/mol. The maximum Gasteiger partial charge on any atom is 0.289 e. The van der Waals surface area contributed by atoms with E-state index >= 15 is 0 Å². The van der Waals surface area contributed by atoms with E-state index in [9.17, 15) is 4.79 Å². The van der Waals surface area contributed by atoms with E-state index in [1.54, 1.807) is 42.5 Å². The minimum Gasteiger partial charge on any atom is -0.455 e. The highest BCUT2D eigenvalue weighted by Gasteiger charge is 2.11. The molecule has 0 spiro atoms. The van der Waals surface area contributed by atoms with Crippen LogP contribution in [0.3, 0.4) is 0 Å². The lowest BCUT2D eigenvalue weighted by Gasteiger charge is -2.03. The summed E-state index contributed by atoms with van der Waals surface area (Å²) in [5, 5.41) is 4.99. The number of nitrogens with one attached hydrogen (secondary N) is 1. The Kier molecular flexibility index (Phi) is 5.38. The number of rotatable bonds is 4. The van der Waals surface area contributed by atoms with Gasteiger partial charge in [-0.15, -0.1) is 0 Å². The predicted octanol–water partition coefficient (Wildman–Crippen LogP) is 5.07. The summed E-state index contributed by atoms with van der Waals surface area (Å²) >= 11 is 18.1. The summed E-state index contributed by atoms with van der Waals surface area (Å²) in [6.07, 6.45) is 2.90. The number of carbonyl (C=O) groups is 1. The van der Waals surface area contributed by atoms with Crippen LogP contribution in [0.15, 0.2) is 58.2 Å². The second-order valence-corrected chi connectivity index (χ2v) is 6.08. The van der Waals surface area contributed by atoms with E-state index in [2.05, 4.69) is 15.5 Å². The number of pyridine rings is 1. The first kappa shape index (κ1) is 17.5. The van der Waals surface area contributed by atoms with Crippen molar-refractivity contribution in [2.45, 2.75) is 0 Å². The smallest absolute Gasteiger partial charge is 0.289 e. The largest absolute Gasteiger partial charge is 0.455 e. The summed E-state index contributed by atoms with van der Waals surface area (Å²) in [4.78, 5) is 15.7. The molecule has 0 atom stereocenters. The Morgan fingerprint density at radius 1 is 1.08 bits per heavy atom. The van der Waals surface area contributed by atoms with Gasteiger partial charge in [0.15, 0.2) is 0 Å². The fraction of sp³-hybridized carbons (Fsp3) is 0. The Balaban J connectivity index is 1.72. The van der Waals surface area contributed by atoms with Crippen molar-refractivity contribution in [2.24, 2.45) is 5.10 Å². The average Bonchev–Trinajstić information content (AvgIpc) is 3.07. The quantitative estimate of drug-likeness (QED) is 0.382. The Labute approximate surface area is 158 Å².